The van der Waals surface area contributed by atoms with Gasteiger partial charge in [0.15, 0.2) is 0 Å². The fourth-order valence-corrected chi connectivity index (χ4v) is 2.47. The van der Waals surface area contributed by atoms with Gasteiger partial charge >= 0.3 is 0 Å². The molecule has 0 saturated heterocycles. The molecule has 1 heterocycles. The highest BCUT2D eigenvalue weighted by molar-refractivity contribution is 9.10. The monoisotopic (exact) mass is 335 g/mol. The molecule has 0 aliphatic heterocycles. The van der Waals surface area contributed by atoms with Crippen LogP contribution in [0.1, 0.15) is 24.1 Å². The lowest BCUT2D eigenvalue weighted by Gasteiger charge is -2.15. The molecule has 106 valence electrons. The molecule has 1 atom stereocenters. The highest BCUT2D eigenvalue weighted by atomic mass is 79.9. The smallest absolute Gasteiger partial charge is 0.133 e. The molecule has 0 spiro atoms. The maximum absolute atomic E-state index is 5.24. The number of hydrogen-bond donors (Lipinski definition) is 1. The topological polar surface area (TPSA) is 39.1 Å². The molecule has 4 nitrogen and oxygen atoms in total. The maximum atomic E-state index is 5.24. The van der Waals surface area contributed by atoms with Crippen LogP contribution in [0.3, 0.4) is 0 Å². The van der Waals surface area contributed by atoms with Crippen molar-refractivity contribution in [2.45, 2.75) is 19.5 Å². The van der Waals surface area contributed by atoms with Crippen LogP contribution >= 0.6 is 15.9 Å². The van der Waals surface area contributed by atoms with Crippen LogP contribution < -0.4 is 10.1 Å². The molecule has 0 saturated carbocycles. The first-order valence-corrected chi connectivity index (χ1v) is 7.15. The van der Waals surface area contributed by atoms with Gasteiger partial charge < -0.3 is 10.1 Å². The predicted molar refractivity (Wildman–Crippen MR) is 84.6 cm³/mol. The van der Waals surface area contributed by atoms with Crippen LogP contribution in [-0.2, 0) is 6.54 Å². The molecule has 1 N–H and O–H groups in total. The SMILES string of the molecule is C=Cn1cc(CNC(C)c2ccc(OC)c(Br)c2)cn1. The molecule has 0 aliphatic carbocycles. The number of ether oxygens (including phenoxy) is 1. The Kier molecular flexibility index (Phi) is 4.98. The van der Waals surface area contributed by atoms with E-state index in [1.807, 2.05) is 18.5 Å². The van der Waals surface area contributed by atoms with Crippen molar-refractivity contribution in [2.24, 2.45) is 0 Å². The molecule has 1 aromatic heterocycles. The van der Waals surface area contributed by atoms with Crippen molar-refractivity contribution in [3.8, 4) is 5.75 Å². The van der Waals surface area contributed by atoms with Gasteiger partial charge in [-0.25, -0.2) is 4.68 Å². The number of rotatable bonds is 6. The Balaban J connectivity index is 1.99. The molecule has 2 aromatic rings. The van der Waals surface area contributed by atoms with Gasteiger partial charge in [-0.2, -0.15) is 5.10 Å². The summed E-state index contributed by atoms with van der Waals surface area (Å²) in [6.45, 7) is 6.57. The van der Waals surface area contributed by atoms with Gasteiger partial charge in [-0.3, -0.25) is 0 Å². The van der Waals surface area contributed by atoms with Crippen LogP contribution in [0.4, 0.5) is 0 Å². The summed E-state index contributed by atoms with van der Waals surface area (Å²) in [4.78, 5) is 0. The molecule has 2 rings (SSSR count). The molecule has 0 bridgehead atoms. The number of benzene rings is 1. The number of nitrogens with one attached hydrogen (secondary N) is 1. The zero-order valence-electron chi connectivity index (χ0n) is 11.6. The average molecular weight is 336 g/mol. The lowest BCUT2D eigenvalue weighted by atomic mass is 10.1. The van der Waals surface area contributed by atoms with Crippen molar-refractivity contribution in [1.29, 1.82) is 0 Å². The van der Waals surface area contributed by atoms with Crippen molar-refractivity contribution < 1.29 is 4.74 Å². The Labute approximate surface area is 127 Å². The van der Waals surface area contributed by atoms with Crippen molar-refractivity contribution >= 4 is 22.1 Å². The van der Waals surface area contributed by atoms with Crippen LogP contribution in [0.2, 0.25) is 0 Å². The number of nitrogens with zero attached hydrogens (tertiary/aromatic N) is 2. The minimum Gasteiger partial charge on any atom is -0.496 e. The Morgan fingerprint density at radius 1 is 1.55 bits per heavy atom. The third kappa shape index (κ3) is 3.49. The molecule has 0 radical (unpaired) electrons. The third-order valence-electron chi connectivity index (χ3n) is 3.13. The van der Waals surface area contributed by atoms with E-state index in [-0.39, 0.29) is 6.04 Å². The van der Waals surface area contributed by atoms with Gasteiger partial charge in [-0.05, 0) is 40.5 Å². The van der Waals surface area contributed by atoms with Gasteiger partial charge in [0, 0.05) is 30.5 Å². The van der Waals surface area contributed by atoms with E-state index in [2.05, 4.69) is 52.0 Å². The van der Waals surface area contributed by atoms with Crippen molar-refractivity contribution in [3.63, 3.8) is 0 Å². The molecule has 1 aromatic carbocycles. The minimum atomic E-state index is 0.240. The molecule has 0 fully saturated rings. The fraction of sp³-hybridized carbons (Fsp3) is 0.267. The van der Waals surface area contributed by atoms with E-state index in [1.54, 1.807) is 18.0 Å². The van der Waals surface area contributed by atoms with Crippen molar-refractivity contribution in [2.75, 3.05) is 7.11 Å². The number of methoxy groups -OCH3 is 1. The van der Waals surface area contributed by atoms with E-state index in [0.717, 1.165) is 22.3 Å². The van der Waals surface area contributed by atoms with Crippen LogP contribution in [0.25, 0.3) is 6.20 Å². The fourth-order valence-electron chi connectivity index (χ4n) is 1.91. The van der Waals surface area contributed by atoms with Gasteiger partial charge in [0.25, 0.3) is 0 Å². The van der Waals surface area contributed by atoms with E-state index in [1.165, 1.54) is 5.56 Å². The zero-order valence-corrected chi connectivity index (χ0v) is 13.2. The molecule has 0 aliphatic rings. The van der Waals surface area contributed by atoms with Gasteiger partial charge in [0.1, 0.15) is 5.75 Å². The number of halogens is 1. The Morgan fingerprint density at radius 3 is 2.95 bits per heavy atom. The first-order valence-electron chi connectivity index (χ1n) is 6.36. The van der Waals surface area contributed by atoms with E-state index in [0.29, 0.717) is 0 Å². The molecular formula is C15H18BrN3O. The van der Waals surface area contributed by atoms with Crippen LogP contribution in [0.15, 0.2) is 41.6 Å². The molecule has 1 unspecified atom stereocenters. The maximum Gasteiger partial charge on any atom is 0.133 e. The van der Waals surface area contributed by atoms with Gasteiger partial charge in [-0.15, -0.1) is 0 Å². The second-order valence-corrected chi connectivity index (χ2v) is 5.36. The summed E-state index contributed by atoms with van der Waals surface area (Å²) in [5, 5.41) is 7.62. The standard InChI is InChI=1S/C15H18BrN3O/c1-4-19-10-12(9-18-19)8-17-11(2)13-5-6-15(20-3)14(16)7-13/h4-7,9-11,17H,1,8H2,2-3H3. The van der Waals surface area contributed by atoms with Crippen molar-refractivity contribution in [3.05, 3.63) is 52.8 Å². The highest BCUT2D eigenvalue weighted by Gasteiger charge is 2.08. The van der Waals surface area contributed by atoms with Gasteiger partial charge in [0.05, 0.1) is 17.8 Å². The largest absolute Gasteiger partial charge is 0.496 e. The van der Waals surface area contributed by atoms with E-state index in [9.17, 15) is 0 Å². The zero-order chi connectivity index (χ0) is 14.5. The summed E-state index contributed by atoms with van der Waals surface area (Å²) >= 11 is 3.51. The second kappa shape index (κ2) is 6.72. The molecule has 0 amide bonds. The lowest BCUT2D eigenvalue weighted by Crippen LogP contribution is -2.17. The van der Waals surface area contributed by atoms with E-state index < -0.39 is 0 Å². The Hall–Kier alpha value is -1.59. The summed E-state index contributed by atoms with van der Waals surface area (Å²) < 4.78 is 7.90. The normalized spacial score (nSPS) is 12.2. The molecule has 5 heteroatoms. The minimum absolute atomic E-state index is 0.240. The Bertz CT molecular complexity index is 595. The van der Waals surface area contributed by atoms with Crippen LogP contribution in [0.5, 0.6) is 5.75 Å². The second-order valence-electron chi connectivity index (χ2n) is 4.51. The summed E-state index contributed by atoms with van der Waals surface area (Å²) in [7, 11) is 1.67. The quantitative estimate of drug-likeness (QED) is 0.876. The van der Waals surface area contributed by atoms with E-state index in [4.69, 9.17) is 4.74 Å². The first-order chi connectivity index (χ1) is 9.63. The van der Waals surface area contributed by atoms with Crippen LogP contribution in [-0.4, -0.2) is 16.9 Å². The molecule has 20 heavy (non-hydrogen) atoms. The summed E-state index contributed by atoms with van der Waals surface area (Å²) in [5.74, 6) is 0.841. The van der Waals surface area contributed by atoms with Crippen molar-refractivity contribution in [1.82, 2.24) is 15.1 Å². The van der Waals surface area contributed by atoms with Gasteiger partial charge in [-0.1, -0.05) is 12.6 Å². The summed E-state index contributed by atoms with van der Waals surface area (Å²) in [5.41, 5.74) is 2.33. The highest BCUT2D eigenvalue weighted by Crippen LogP contribution is 2.28. The lowest BCUT2D eigenvalue weighted by molar-refractivity contribution is 0.411. The third-order valence-corrected chi connectivity index (χ3v) is 3.75. The predicted octanol–water partition coefficient (Wildman–Crippen LogP) is 3.61. The number of hydrogen-bond acceptors (Lipinski definition) is 3. The molecular weight excluding hydrogens is 318 g/mol. The Morgan fingerprint density at radius 2 is 2.35 bits per heavy atom. The average Bonchev–Trinajstić information content (AvgIpc) is 2.92. The van der Waals surface area contributed by atoms with Gasteiger partial charge in [0.2, 0.25) is 0 Å². The summed E-state index contributed by atoms with van der Waals surface area (Å²) in [6, 6.07) is 6.34. The van der Waals surface area contributed by atoms with E-state index >= 15 is 0 Å². The summed E-state index contributed by atoms with van der Waals surface area (Å²) in [6.07, 6.45) is 5.47. The van der Waals surface area contributed by atoms with Crippen LogP contribution in [0, 0.1) is 0 Å². The number of aromatic nitrogens is 2. The first kappa shape index (κ1) is 14.8.